The SMILES string of the molecule is Cc1ccccc1[C@@H]1CC(=O)N(CN2CCC[C@H](c3nc4ccccc4o3)C2)C1. The van der Waals surface area contributed by atoms with Gasteiger partial charge in [-0.3, -0.25) is 9.69 Å². The molecule has 3 aromatic rings. The van der Waals surface area contributed by atoms with Crippen LogP contribution in [0.1, 0.15) is 48.1 Å². The van der Waals surface area contributed by atoms with E-state index in [1.165, 1.54) is 11.1 Å². The molecule has 3 heterocycles. The van der Waals surface area contributed by atoms with Crippen LogP contribution in [0.2, 0.25) is 0 Å². The minimum absolute atomic E-state index is 0.266. The number of nitrogens with zero attached hydrogens (tertiary/aromatic N) is 3. The monoisotopic (exact) mass is 389 g/mol. The summed E-state index contributed by atoms with van der Waals surface area (Å²) in [5, 5.41) is 0. The van der Waals surface area contributed by atoms with Crippen LogP contribution in [-0.4, -0.2) is 47.0 Å². The summed E-state index contributed by atoms with van der Waals surface area (Å²) in [7, 11) is 0. The topological polar surface area (TPSA) is 49.6 Å². The van der Waals surface area contributed by atoms with Gasteiger partial charge in [0.05, 0.1) is 6.67 Å². The molecule has 2 fully saturated rings. The number of para-hydroxylation sites is 2. The average molecular weight is 389 g/mol. The molecule has 0 saturated carbocycles. The largest absolute Gasteiger partial charge is 0.440 e. The van der Waals surface area contributed by atoms with Crippen LogP contribution >= 0.6 is 0 Å². The van der Waals surface area contributed by atoms with Crippen molar-refractivity contribution in [3.63, 3.8) is 0 Å². The van der Waals surface area contributed by atoms with Gasteiger partial charge in [0, 0.05) is 31.3 Å². The summed E-state index contributed by atoms with van der Waals surface area (Å²) in [4.78, 5) is 21.8. The first-order chi connectivity index (χ1) is 14.2. The first kappa shape index (κ1) is 18.4. The van der Waals surface area contributed by atoms with E-state index >= 15 is 0 Å². The standard InChI is InChI=1S/C24H27N3O2/c1-17-7-2-3-9-20(17)19-13-23(28)27(15-19)16-26-12-6-8-18(14-26)24-25-21-10-4-5-11-22(21)29-24/h2-5,7,9-11,18-19H,6,8,12-16H2,1H3/t18-,19+/m0/s1. The Balaban J connectivity index is 1.26. The van der Waals surface area contributed by atoms with Gasteiger partial charge in [-0.05, 0) is 49.6 Å². The highest BCUT2D eigenvalue weighted by molar-refractivity contribution is 5.79. The van der Waals surface area contributed by atoms with Gasteiger partial charge >= 0.3 is 0 Å². The Labute approximate surface area is 171 Å². The number of carbonyl (C=O) groups is 1. The van der Waals surface area contributed by atoms with E-state index in [9.17, 15) is 4.79 Å². The number of benzene rings is 2. The van der Waals surface area contributed by atoms with Crippen molar-refractivity contribution in [3.05, 3.63) is 65.5 Å². The summed E-state index contributed by atoms with van der Waals surface area (Å²) in [6, 6.07) is 16.4. The number of hydrogen-bond acceptors (Lipinski definition) is 4. The third-order valence-electron chi connectivity index (χ3n) is 6.38. The second-order valence-electron chi connectivity index (χ2n) is 8.45. The van der Waals surface area contributed by atoms with E-state index in [4.69, 9.17) is 9.40 Å². The van der Waals surface area contributed by atoms with Gasteiger partial charge in [-0.2, -0.15) is 0 Å². The second kappa shape index (κ2) is 7.64. The van der Waals surface area contributed by atoms with Crippen molar-refractivity contribution in [2.45, 2.75) is 38.0 Å². The Morgan fingerprint density at radius 3 is 2.76 bits per heavy atom. The zero-order valence-electron chi connectivity index (χ0n) is 16.9. The molecule has 2 aliphatic rings. The van der Waals surface area contributed by atoms with Gasteiger partial charge in [0.2, 0.25) is 5.91 Å². The first-order valence-electron chi connectivity index (χ1n) is 10.6. The Bertz CT molecular complexity index is 995. The summed E-state index contributed by atoms with van der Waals surface area (Å²) in [5.74, 6) is 1.70. The quantitative estimate of drug-likeness (QED) is 0.668. The van der Waals surface area contributed by atoms with Gasteiger partial charge < -0.3 is 9.32 Å². The van der Waals surface area contributed by atoms with Crippen LogP contribution in [0.5, 0.6) is 0 Å². The third kappa shape index (κ3) is 3.67. The molecule has 5 nitrogen and oxygen atoms in total. The fourth-order valence-electron chi connectivity index (χ4n) is 4.85. The molecule has 0 radical (unpaired) electrons. The fraction of sp³-hybridized carbons (Fsp3) is 0.417. The van der Waals surface area contributed by atoms with Crippen LogP contribution in [0.3, 0.4) is 0 Å². The van der Waals surface area contributed by atoms with E-state index in [2.05, 4.69) is 36.1 Å². The molecule has 0 unspecified atom stereocenters. The van der Waals surface area contributed by atoms with Crippen LogP contribution < -0.4 is 0 Å². The van der Waals surface area contributed by atoms with E-state index in [-0.39, 0.29) is 5.91 Å². The van der Waals surface area contributed by atoms with Crippen molar-refractivity contribution in [2.24, 2.45) is 0 Å². The predicted molar refractivity (Wildman–Crippen MR) is 113 cm³/mol. The third-order valence-corrected chi connectivity index (χ3v) is 6.38. The lowest BCUT2D eigenvalue weighted by Gasteiger charge is -2.34. The molecule has 5 rings (SSSR count). The minimum atomic E-state index is 0.266. The highest BCUT2D eigenvalue weighted by atomic mass is 16.3. The number of carbonyl (C=O) groups excluding carboxylic acids is 1. The van der Waals surface area contributed by atoms with Crippen LogP contribution in [0.15, 0.2) is 52.9 Å². The van der Waals surface area contributed by atoms with Crippen LogP contribution in [0.25, 0.3) is 11.1 Å². The molecule has 1 aromatic heterocycles. The fourth-order valence-corrected chi connectivity index (χ4v) is 4.85. The summed E-state index contributed by atoms with van der Waals surface area (Å²) in [6.45, 7) is 5.57. The minimum Gasteiger partial charge on any atom is -0.440 e. The normalized spacial score (nSPS) is 23.2. The van der Waals surface area contributed by atoms with Crippen molar-refractivity contribution in [3.8, 4) is 0 Å². The lowest BCUT2D eigenvalue weighted by Crippen LogP contribution is -2.43. The number of hydrogen-bond donors (Lipinski definition) is 0. The molecule has 2 aliphatic heterocycles. The molecule has 2 atom stereocenters. The highest BCUT2D eigenvalue weighted by Crippen LogP contribution is 2.32. The van der Waals surface area contributed by atoms with E-state index < -0.39 is 0 Å². The van der Waals surface area contributed by atoms with Crippen molar-refractivity contribution in [1.29, 1.82) is 0 Å². The summed E-state index contributed by atoms with van der Waals surface area (Å²) < 4.78 is 6.02. The molecule has 0 bridgehead atoms. The van der Waals surface area contributed by atoms with Gasteiger partial charge in [0.1, 0.15) is 5.52 Å². The highest BCUT2D eigenvalue weighted by Gasteiger charge is 2.34. The van der Waals surface area contributed by atoms with Crippen molar-refractivity contribution >= 4 is 17.0 Å². The molecule has 0 spiro atoms. The Hall–Kier alpha value is -2.66. The van der Waals surface area contributed by atoms with Gasteiger partial charge in [-0.25, -0.2) is 4.98 Å². The van der Waals surface area contributed by atoms with Crippen molar-refractivity contribution in [2.75, 3.05) is 26.3 Å². The van der Waals surface area contributed by atoms with E-state index in [0.29, 0.717) is 24.9 Å². The Morgan fingerprint density at radius 2 is 1.90 bits per heavy atom. The lowest BCUT2D eigenvalue weighted by molar-refractivity contribution is -0.129. The van der Waals surface area contributed by atoms with Crippen LogP contribution in [0.4, 0.5) is 0 Å². The number of fused-ring (bicyclic) bond motifs is 1. The summed E-state index contributed by atoms with van der Waals surface area (Å²) in [6.07, 6.45) is 2.81. The van der Waals surface area contributed by atoms with E-state index in [1.807, 2.05) is 29.2 Å². The van der Waals surface area contributed by atoms with E-state index in [1.54, 1.807) is 0 Å². The number of aromatic nitrogens is 1. The molecule has 2 saturated heterocycles. The predicted octanol–water partition coefficient (Wildman–Crippen LogP) is 4.29. The number of likely N-dealkylation sites (tertiary alicyclic amines) is 2. The molecule has 29 heavy (non-hydrogen) atoms. The number of piperidine rings is 1. The second-order valence-corrected chi connectivity index (χ2v) is 8.45. The molecular formula is C24H27N3O2. The number of aryl methyl sites for hydroxylation is 1. The zero-order valence-corrected chi connectivity index (χ0v) is 16.9. The Kier molecular flexibility index (Phi) is 4.84. The zero-order chi connectivity index (χ0) is 19.8. The Morgan fingerprint density at radius 1 is 1.07 bits per heavy atom. The molecule has 0 aliphatic carbocycles. The molecule has 150 valence electrons. The molecule has 1 amide bonds. The van der Waals surface area contributed by atoms with Gasteiger partial charge in [0.25, 0.3) is 0 Å². The maximum Gasteiger partial charge on any atom is 0.224 e. The molecule has 2 aromatic carbocycles. The molecule has 5 heteroatoms. The first-order valence-corrected chi connectivity index (χ1v) is 10.6. The lowest BCUT2D eigenvalue weighted by atomic mass is 9.94. The summed E-state index contributed by atoms with van der Waals surface area (Å²) >= 11 is 0. The summed E-state index contributed by atoms with van der Waals surface area (Å²) in [5.41, 5.74) is 4.37. The number of rotatable bonds is 4. The van der Waals surface area contributed by atoms with Crippen LogP contribution in [0, 0.1) is 6.92 Å². The van der Waals surface area contributed by atoms with Gasteiger partial charge in [-0.15, -0.1) is 0 Å². The van der Waals surface area contributed by atoms with Gasteiger partial charge in [-0.1, -0.05) is 36.4 Å². The number of oxazole rings is 1. The van der Waals surface area contributed by atoms with Crippen molar-refractivity contribution in [1.82, 2.24) is 14.8 Å². The molecular weight excluding hydrogens is 362 g/mol. The van der Waals surface area contributed by atoms with Crippen molar-refractivity contribution < 1.29 is 9.21 Å². The maximum atomic E-state index is 12.7. The van der Waals surface area contributed by atoms with Crippen LogP contribution in [-0.2, 0) is 4.79 Å². The average Bonchev–Trinajstić information content (AvgIpc) is 3.32. The smallest absolute Gasteiger partial charge is 0.224 e. The van der Waals surface area contributed by atoms with Gasteiger partial charge in [0.15, 0.2) is 11.5 Å². The maximum absolute atomic E-state index is 12.7. The van der Waals surface area contributed by atoms with E-state index in [0.717, 1.165) is 49.5 Å². The number of amides is 1. The molecule has 0 N–H and O–H groups in total.